The third kappa shape index (κ3) is 6.98. The molecule has 0 aliphatic carbocycles. The van der Waals surface area contributed by atoms with Crippen molar-refractivity contribution in [1.29, 1.82) is 0 Å². The Kier molecular flexibility index (Phi) is 8.76. The minimum Gasteiger partial charge on any atom is -0.726 e. The molecule has 0 saturated carbocycles. The smallest absolute Gasteiger partial charge is 0.352 e. The average Bonchev–Trinajstić information content (AvgIpc) is 3.25. The van der Waals surface area contributed by atoms with E-state index in [0.29, 0.717) is 17.9 Å². The quantitative estimate of drug-likeness (QED) is 0.0714. The molecule has 1 saturated heterocycles. The maximum Gasteiger partial charge on any atom is 0.352 e. The van der Waals surface area contributed by atoms with Crippen LogP contribution in [0.1, 0.15) is 5.82 Å². The number of fused-ring (bicyclic) bond motifs is 1. The number of nitrogens with two attached hydrogens (primary N) is 1. The molecule has 5 N–H and O–H groups in total. The van der Waals surface area contributed by atoms with E-state index in [0.717, 1.165) is 11.5 Å². The van der Waals surface area contributed by atoms with E-state index < -0.39 is 39.6 Å². The zero-order valence-corrected chi connectivity index (χ0v) is 21.2. The number of thioether (sulfide) groups is 1. The Morgan fingerprint density at radius 2 is 2.03 bits per heavy atom. The topological polar surface area (TPSA) is 241 Å². The first-order chi connectivity index (χ1) is 17.4. The summed E-state index contributed by atoms with van der Waals surface area (Å²) in [5.41, 5.74) is 5.88. The van der Waals surface area contributed by atoms with Gasteiger partial charge in [-0.1, -0.05) is 11.2 Å². The third-order valence-electron chi connectivity index (χ3n) is 4.74. The Morgan fingerprint density at radius 1 is 1.38 bits per heavy atom. The number of carbonyl (C=O) groups excluding carboxylic acids is 2. The summed E-state index contributed by atoms with van der Waals surface area (Å²) in [6.07, 6.45) is 3.64. The van der Waals surface area contributed by atoms with E-state index in [1.807, 2.05) is 35.2 Å². The van der Waals surface area contributed by atoms with Crippen molar-refractivity contribution in [2.24, 2.45) is 5.16 Å². The highest BCUT2D eigenvalue weighted by molar-refractivity contribution is 8.00. The van der Waals surface area contributed by atoms with E-state index in [1.165, 1.54) is 23.8 Å². The lowest BCUT2D eigenvalue weighted by Gasteiger charge is -2.49. The van der Waals surface area contributed by atoms with Crippen LogP contribution in [0.25, 0.3) is 0 Å². The molecule has 2 aliphatic rings. The van der Waals surface area contributed by atoms with E-state index in [1.54, 1.807) is 0 Å². The van der Waals surface area contributed by atoms with Gasteiger partial charge < -0.3 is 25.5 Å². The standard InChI is InChI=1S/C18H17N7O5S2.H2O4S/c1-30-22-10(13-21-18(19)32-23-13)14(26)20-11-15(27)25-12(17(28)29)9(8-31-16(11)25)7-24-5-3-2-4-6-24;1-5(2,3)4/h2-6,11,16H,7-8H2,1H3,(H3-,19,20,21,23,26,28,29);(H2,1,2,3,4)/t11?,16-;/m1./s1. The minimum absolute atomic E-state index is 0.0277. The molecule has 4 rings (SSSR count). The highest BCUT2D eigenvalue weighted by Crippen LogP contribution is 2.40. The Balaban J connectivity index is 0.000000695. The van der Waals surface area contributed by atoms with Crippen molar-refractivity contribution < 1.29 is 46.4 Å². The molecule has 2 aromatic heterocycles. The van der Waals surface area contributed by atoms with Crippen LogP contribution >= 0.6 is 23.3 Å². The van der Waals surface area contributed by atoms with Crippen LogP contribution in [0.15, 0.2) is 47.0 Å². The van der Waals surface area contributed by atoms with Crippen molar-refractivity contribution in [3.63, 3.8) is 0 Å². The molecular weight excluding hydrogens is 554 g/mol. The maximum absolute atomic E-state index is 12.8. The Labute approximate surface area is 217 Å². The van der Waals surface area contributed by atoms with E-state index in [4.69, 9.17) is 28.1 Å². The number of β-lactam (4-membered cyclic amide) rings is 1. The molecule has 2 amide bonds. The summed E-state index contributed by atoms with van der Waals surface area (Å²) < 4.78 is 38.6. The highest BCUT2D eigenvalue weighted by Gasteiger charge is 2.54. The van der Waals surface area contributed by atoms with E-state index >= 15 is 0 Å². The molecule has 19 heteroatoms. The number of carboxylic acid groups (broad SMARTS) is 1. The van der Waals surface area contributed by atoms with Crippen LogP contribution in [0, 0.1) is 0 Å². The molecule has 2 atom stereocenters. The first-order valence-corrected chi connectivity index (χ1v) is 13.1. The summed E-state index contributed by atoms with van der Waals surface area (Å²) in [7, 11) is -3.66. The number of anilines is 1. The fraction of sp³-hybridized carbons (Fsp3) is 0.278. The number of nitrogens with one attached hydrogen (secondary N) is 1. The molecule has 0 bridgehead atoms. The molecule has 0 radical (unpaired) electrons. The van der Waals surface area contributed by atoms with E-state index in [9.17, 15) is 19.5 Å². The van der Waals surface area contributed by atoms with Crippen LogP contribution in [0.4, 0.5) is 5.13 Å². The van der Waals surface area contributed by atoms with Crippen LogP contribution in [-0.4, -0.2) is 84.7 Å². The van der Waals surface area contributed by atoms with Crippen molar-refractivity contribution in [3.8, 4) is 0 Å². The van der Waals surface area contributed by atoms with Crippen molar-refractivity contribution in [1.82, 2.24) is 19.6 Å². The number of aliphatic carboxylic acids is 1. The number of aromatic nitrogens is 3. The Bertz CT molecular complexity index is 1350. The number of rotatable bonds is 7. The second kappa shape index (κ2) is 11.6. The number of carboxylic acids is 1. The van der Waals surface area contributed by atoms with Gasteiger partial charge in [-0.25, -0.2) is 17.8 Å². The van der Waals surface area contributed by atoms with Crippen LogP contribution < -0.4 is 15.6 Å². The summed E-state index contributed by atoms with van der Waals surface area (Å²) in [4.78, 5) is 47.4. The van der Waals surface area contributed by atoms with Gasteiger partial charge in [-0.05, 0) is 0 Å². The second-order valence-electron chi connectivity index (χ2n) is 7.17. The molecule has 2 aliphatic heterocycles. The number of hydrogen-bond acceptors (Lipinski definition) is 13. The van der Waals surface area contributed by atoms with Gasteiger partial charge in [0.2, 0.25) is 21.9 Å². The second-order valence-corrected chi connectivity index (χ2v) is 9.92. The molecule has 0 aromatic carbocycles. The fourth-order valence-corrected chi connectivity index (χ4v) is 5.15. The van der Waals surface area contributed by atoms with E-state index in [2.05, 4.69) is 19.8 Å². The monoisotopic (exact) mass is 573 g/mol. The normalized spacial score (nSPS) is 19.3. The van der Waals surface area contributed by atoms with Crippen molar-refractivity contribution in [2.75, 3.05) is 18.6 Å². The summed E-state index contributed by atoms with van der Waals surface area (Å²) in [6.45, 7) is 0.338. The summed E-state index contributed by atoms with van der Waals surface area (Å²) in [6, 6.07) is 4.61. The zero-order valence-electron chi connectivity index (χ0n) is 18.7. The van der Waals surface area contributed by atoms with Gasteiger partial charge in [-0.3, -0.25) is 19.0 Å². The van der Waals surface area contributed by atoms with Gasteiger partial charge in [0.15, 0.2) is 24.1 Å². The SMILES string of the molecule is CON=C(C(=O)NC1C(=O)N2C(C(=O)O)=C(C[n+]3ccccc3)CS[C@H]12)c1nsc(N)n1.O=S(=O)([O-])O. The van der Waals surface area contributed by atoms with Crippen LogP contribution in [0.3, 0.4) is 0 Å². The van der Waals surface area contributed by atoms with Crippen molar-refractivity contribution in [3.05, 3.63) is 47.7 Å². The zero-order chi connectivity index (χ0) is 27.3. The average molecular weight is 574 g/mol. The molecule has 1 unspecified atom stereocenters. The number of nitrogens with zero attached hydrogens (tertiary/aromatic N) is 5. The molecule has 0 spiro atoms. The minimum atomic E-state index is -4.92. The molecule has 16 nitrogen and oxygen atoms in total. The maximum atomic E-state index is 12.8. The van der Waals surface area contributed by atoms with Crippen molar-refractivity contribution >= 4 is 62.3 Å². The van der Waals surface area contributed by atoms with Gasteiger partial charge >= 0.3 is 5.97 Å². The van der Waals surface area contributed by atoms with Crippen LogP contribution in [0.5, 0.6) is 0 Å². The predicted molar refractivity (Wildman–Crippen MR) is 127 cm³/mol. The fourth-order valence-electron chi connectivity index (χ4n) is 3.38. The number of oxime groups is 1. The Hall–Kier alpha value is -3.65. The molecule has 2 aromatic rings. The third-order valence-corrected chi connectivity index (χ3v) is 6.62. The van der Waals surface area contributed by atoms with Gasteiger partial charge in [0.1, 0.15) is 24.2 Å². The first-order valence-electron chi connectivity index (χ1n) is 9.94. The van der Waals surface area contributed by atoms with Gasteiger partial charge in [-0.2, -0.15) is 9.36 Å². The number of hydrogen-bond donors (Lipinski definition) is 4. The van der Waals surface area contributed by atoms with Gasteiger partial charge in [0.05, 0.1) is 0 Å². The highest BCUT2D eigenvalue weighted by atomic mass is 32.3. The number of amides is 2. The number of carbonyl (C=O) groups is 3. The predicted octanol–water partition coefficient (Wildman–Crippen LogP) is -1.80. The molecule has 1 fully saturated rings. The van der Waals surface area contributed by atoms with Gasteiger partial charge in [0, 0.05) is 35.0 Å². The molecular formula is C18H19N7O9S3. The van der Waals surface area contributed by atoms with E-state index in [-0.39, 0.29) is 22.4 Å². The lowest BCUT2D eigenvalue weighted by atomic mass is 10.0. The van der Waals surface area contributed by atoms with Crippen molar-refractivity contribution in [2.45, 2.75) is 18.0 Å². The lowest BCUT2D eigenvalue weighted by Crippen LogP contribution is -2.71. The number of nitrogen functional groups attached to an aromatic ring is 1. The molecule has 198 valence electrons. The Morgan fingerprint density at radius 3 is 2.57 bits per heavy atom. The first kappa shape index (κ1) is 27.9. The molecule has 37 heavy (non-hydrogen) atoms. The van der Waals surface area contributed by atoms with Gasteiger partial charge in [-0.15, -0.1) is 11.8 Å². The van der Waals surface area contributed by atoms with Crippen LogP contribution in [0.2, 0.25) is 0 Å². The van der Waals surface area contributed by atoms with Gasteiger partial charge in [0.25, 0.3) is 11.8 Å². The largest absolute Gasteiger partial charge is 0.726 e. The van der Waals surface area contributed by atoms with Crippen LogP contribution in [-0.2, 0) is 36.2 Å². The summed E-state index contributed by atoms with van der Waals surface area (Å²) in [5, 5.41) is 15.6. The summed E-state index contributed by atoms with van der Waals surface area (Å²) in [5.74, 6) is -2.07. The summed E-state index contributed by atoms with van der Waals surface area (Å²) >= 11 is 2.26. The lowest BCUT2D eigenvalue weighted by molar-refractivity contribution is -0.689. The number of pyridine rings is 1. The molecule has 4 heterocycles.